The van der Waals surface area contributed by atoms with Gasteiger partial charge >= 0.3 is 5.97 Å². The standard InChI is InChI=1S/C19H21NO3/c1-14-8-6-7-11-16(14)13-18(21)20-17(19(22)23-2)12-15-9-4-3-5-10-15/h3-11,17H,12-13H2,1-2H3,(H,20,21). The minimum Gasteiger partial charge on any atom is -0.467 e. The Morgan fingerprint density at radius 3 is 2.35 bits per heavy atom. The van der Waals surface area contributed by atoms with Crippen molar-refractivity contribution in [3.05, 3.63) is 71.3 Å². The van der Waals surface area contributed by atoms with Crippen LogP contribution in [0.4, 0.5) is 0 Å². The summed E-state index contributed by atoms with van der Waals surface area (Å²) in [5.74, 6) is -0.627. The van der Waals surface area contributed by atoms with Crippen LogP contribution in [0.25, 0.3) is 0 Å². The third-order valence-electron chi connectivity index (χ3n) is 3.72. The van der Waals surface area contributed by atoms with Crippen LogP contribution in [0.5, 0.6) is 0 Å². The highest BCUT2D eigenvalue weighted by Gasteiger charge is 2.22. The molecule has 0 bridgehead atoms. The maximum atomic E-state index is 12.3. The fourth-order valence-electron chi connectivity index (χ4n) is 2.41. The van der Waals surface area contributed by atoms with Crippen LogP contribution in [0.15, 0.2) is 54.6 Å². The van der Waals surface area contributed by atoms with Crippen molar-refractivity contribution in [3.8, 4) is 0 Å². The molecule has 0 fully saturated rings. The molecule has 0 radical (unpaired) electrons. The number of ether oxygens (including phenoxy) is 1. The van der Waals surface area contributed by atoms with Crippen LogP contribution in [0.2, 0.25) is 0 Å². The van der Waals surface area contributed by atoms with Crippen molar-refractivity contribution >= 4 is 11.9 Å². The van der Waals surface area contributed by atoms with Crippen molar-refractivity contribution in [3.63, 3.8) is 0 Å². The highest BCUT2D eigenvalue weighted by Crippen LogP contribution is 2.09. The van der Waals surface area contributed by atoms with Crippen LogP contribution in [-0.4, -0.2) is 25.0 Å². The van der Waals surface area contributed by atoms with Gasteiger partial charge in [0.25, 0.3) is 0 Å². The Morgan fingerprint density at radius 2 is 1.70 bits per heavy atom. The van der Waals surface area contributed by atoms with E-state index >= 15 is 0 Å². The topological polar surface area (TPSA) is 55.4 Å². The quantitative estimate of drug-likeness (QED) is 0.834. The minimum atomic E-state index is -0.682. The van der Waals surface area contributed by atoms with E-state index in [-0.39, 0.29) is 12.3 Å². The monoisotopic (exact) mass is 311 g/mol. The molecule has 0 aromatic heterocycles. The van der Waals surface area contributed by atoms with E-state index in [4.69, 9.17) is 4.74 Å². The third-order valence-corrected chi connectivity index (χ3v) is 3.72. The highest BCUT2D eigenvalue weighted by atomic mass is 16.5. The molecule has 1 N–H and O–H groups in total. The Hall–Kier alpha value is -2.62. The molecule has 0 spiro atoms. The van der Waals surface area contributed by atoms with Crippen LogP contribution >= 0.6 is 0 Å². The number of methoxy groups -OCH3 is 1. The molecule has 1 atom stereocenters. The van der Waals surface area contributed by atoms with Gasteiger partial charge in [0.05, 0.1) is 13.5 Å². The van der Waals surface area contributed by atoms with Gasteiger partial charge in [0, 0.05) is 6.42 Å². The number of nitrogens with one attached hydrogen (secondary N) is 1. The minimum absolute atomic E-state index is 0.189. The van der Waals surface area contributed by atoms with E-state index in [1.807, 2.05) is 61.5 Å². The van der Waals surface area contributed by atoms with Gasteiger partial charge in [-0.3, -0.25) is 4.79 Å². The van der Waals surface area contributed by atoms with E-state index in [0.29, 0.717) is 6.42 Å². The van der Waals surface area contributed by atoms with Gasteiger partial charge in [0.15, 0.2) is 0 Å². The van der Waals surface area contributed by atoms with Crippen LogP contribution in [-0.2, 0) is 27.2 Å². The van der Waals surface area contributed by atoms with Gasteiger partial charge in [-0.05, 0) is 23.6 Å². The van der Waals surface area contributed by atoms with E-state index in [2.05, 4.69) is 5.32 Å². The maximum Gasteiger partial charge on any atom is 0.328 e. The van der Waals surface area contributed by atoms with Gasteiger partial charge < -0.3 is 10.1 Å². The van der Waals surface area contributed by atoms with Gasteiger partial charge in [0.2, 0.25) is 5.91 Å². The first kappa shape index (κ1) is 16.7. The molecule has 1 unspecified atom stereocenters. The Morgan fingerprint density at radius 1 is 1.04 bits per heavy atom. The summed E-state index contributed by atoms with van der Waals surface area (Å²) in [6.45, 7) is 1.96. The second-order valence-corrected chi connectivity index (χ2v) is 5.44. The van der Waals surface area contributed by atoms with Gasteiger partial charge in [0.1, 0.15) is 6.04 Å². The normalized spacial score (nSPS) is 11.6. The van der Waals surface area contributed by atoms with Crippen LogP contribution in [0.3, 0.4) is 0 Å². The first-order valence-electron chi connectivity index (χ1n) is 7.55. The molecule has 4 heteroatoms. The third kappa shape index (κ3) is 4.95. The number of aryl methyl sites for hydroxylation is 1. The van der Waals surface area contributed by atoms with Gasteiger partial charge in [-0.2, -0.15) is 0 Å². The molecule has 0 aliphatic rings. The number of amides is 1. The number of rotatable bonds is 6. The van der Waals surface area contributed by atoms with Gasteiger partial charge in [-0.25, -0.2) is 4.79 Å². The molecule has 120 valence electrons. The first-order valence-corrected chi connectivity index (χ1v) is 7.55. The lowest BCUT2D eigenvalue weighted by atomic mass is 10.0. The van der Waals surface area contributed by atoms with Crippen LogP contribution < -0.4 is 5.32 Å². The second kappa shape index (κ2) is 8.13. The van der Waals surface area contributed by atoms with Gasteiger partial charge in [-0.15, -0.1) is 0 Å². The number of hydrogen-bond donors (Lipinski definition) is 1. The average Bonchev–Trinajstić information content (AvgIpc) is 2.56. The molecule has 23 heavy (non-hydrogen) atoms. The van der Waals surface area contributed by atoms with Crippen molar-refractivity contribution in [1.82, 2.24) is 5.32 Å². The van der Waals surface area contributed by atoms with Gasteiger partial charge in [-0.1, -0.05) is 54.6 Å². The van der Waals surface area contributed by atoms with Crippen molar-refractivity contribution in [2.45, 2.75) is 25.8 Å². The van der Waals surface area contributed by atoms with Crippen LogP contribution in [0.1, 0.15) is 16.7 Å². The van der Waals surface area contributed by atoms with E-state index in [1.165, 1.54) is 7.11 Å². The summed E-state index contributed by atoms with van der Waals surface area (Å²) in [7, 11) is 1.33. The number of carbonyl (C=O) groups excluding carboxylic acids is 2. The molecule has 4 nitrogen and oxygen atoms in total. The highest BCUT2D eigenvalue weighted by molar-refractivity contribution is 5.86. The summed E-state index contributed by atoms with van der Waals surface area (Å²) in [5.41, 5.74) is 2.98. The lowest BCUT2D eigenvalue weighted by molar-refractivity contribution is -0.145. The first-order chi connectivity index (χ1) is 11.1. The summed E-state index contributed by atoms with van der Waals surface area (Å²) in [4.78, 5) is 24.2. The van der Waals surface area contributed by atoms with Crippen LogP contribution in [0, 0.1) is 6.92 Å². The molecular weight excluding hydrogens is 290 g/mol. The van der Waals surface area contributed by atoms with Crippen molar-refractivity contribution in [2.75, 3.05) is 7.11 Å². The molecular formula is C19H21NO3. The fraction of sp³-hybridized carbons (Fsp3) is 0.263. The number of benzene rings is 2. The number of esters is 1. The average molecular weight is 311 g/mol. The Bertz CT molecular complexity index is 667. The zero-order valence-corrected chi connectivity index (χ0v) is 13.4. The molecule has 2 aromatic rings. The zero-order valence-electron chi connectivity index (χ0n) is 13.4. The van der Waals surface area contributed by atoms with E-state index in [9.17, 15) is 9.59 Å². The van der Waals surface area contributed by atoms with Crippen molar-refractivity contribution in [1.29, 1.82) is 0 Å². The lowest BCUT2D eigenvalue weighted by Crippen LogP contribution is -2.43. The van der Waals surface area contributed by atoms with E-state index in [0.717, 1.165) is 16.7 Å². The van der Waals surface area contributed by atoms with Crippen molar-refractivity contribution in [2.24, 2.45) is 0 Å². The molecule has 0 saturated heterocycles. The molecule has 0 heterocycles. The predicted molar refractivity (Wildman–Crippen MR) is 89.0 cm³/mol. The summed E-state index contributed by atoms with van der Waals surface area (Å²) in [6.07, 6.45) is 0.655. The SMILES string of the molecule is COC(=O)C(Cc1ccccc1)NC(=O)Cc1ccccc1C. The smallest absolute Gasteiger partial charge is 0.328 e. The Balaban J connectivity index is 2.04. The lowest BCUT2D eigenvalue weighted by Gasteiger charge is -2.17. The number of carbonyl (C=O) groups is 2. The van der Waals surface area contributed by atoms with E-state index in [1.54, 1.807) is 0 Å². The molecule has 0 aliphatic heterocycles. The van der Waals surface area contributed by atoms with Crippen molar-refractivity contribution < 1.29 is 14.3 Å². The molecule has 0 saturated carbocycles. The zero-order chi connectivity index (χ0) is 16.7. The summed E-state index contributed by atoms with van der Waals surface area (Å²) in [5, 5.41) is 2.78. The Kier molecular flexibility index (Phi) is 5.92. The predicted octanol–water partition coefficient (Wildman–Crippen LogP) is 2.44. The number of hydrogen-bond acceptors (Lipinski definition) is 3. The largest absolute Gasteiger partial charge is 0.467 e. The maximum absolute atomic E-state index is 12.3. The summed E-state index contributed by atoms with van der Waals surface area (Å²) >= 11 is 0. The molecule has 2 aromatic carbocycles. The summed E-state index contributed by atoms with van der Waals surface area (Å²) in [6, 6.07) is 16.6. The molecule has 1 amide bonds. The fourth-order valence-corrected chi connectivity index (χ4v) is 2.41. The summed E-state index contributed by atoms with van der Waals surface area (Å²) < 4.78 is 4.81. The molecule has 0 aliphatic carbocycles. The van der Waals surface area contributed by atoms with E-state index < -0.39 is 12.0 Å². The molecule has 2 rings (SSSR count). The Labute approximate surface area is 136 Å². The second-order valence-electron chi connectivity index (χ2n) is 5.44.